The lowest BCUT2D eigenvalue weighted by Crippen LogP contribution is -2.48. The van der Waals surface area contributed by atoms with E-state index in [4.69, 9.17) is 0 Å². The number of hydrogen-bond acceptors (Lipinski definition) is 2. The quantitative estimate of drug-likeness (QED) is 0.891. The third kappa shape index (κ3) is 3.53. The first-order valence-corrected chi connectivity index (χ1v) is 5.96. The molecule has 0 atom stereocenters. The number of rotatable bonds is 4. The minimum Gasteiger partial charge on any atom is -0.350 e. The van der Waals surface area contributed by atoms with Crippen molar-refractivity contribution in [3.8, 4) is 0 Å². The predicted octanol–water partition coefficient (Wildman–Crippen LogP) is 2.20. The smallest absolute Gasteiger partial charge is 0.254 e. The van der Waals surface area contributed by atoms with Crippen molar-refractivity contribution >= 4 is 5.91 Å². The van der Waals surface area contributed by atoms with E-state index in [9.17, 15) is 9.18 Å². The van der Waals surface area contributed by atoms with E-state index in [0.717, 1.165) is 5.56 Å². The van der Waals surface area contributed by atoms with Crippen molar-refractivity contribution in [2.45, 2.75) is 26.3 Å². The van der Waals surface area contributed by atoms with Crippen molar-refractivity contribution in [2.24, 2.45) is 0 Å². The second-order valence-electron chi connectivity index (χ2n) is 5.37. The topological polar surface area (TPSA) is 32.3 Å². The molecular weight excluding hydrogens is 231 g/mol. The van der Waals surface area contributed by atoms with Crippen molar-refractivity contribution in [3.63, 3.8) is 0 Å². The highest BCUT2D eigenvalue weighted by Crippen LogP contribution is 2.12. The second kappa shape index (κ2) is 5.48. The standard InChI is InChI=1S/C14H21FN2O/c1-10-6-7-12(15)11(8-10)13(18)16-9-14(2,3)17(4)5/h6-8H,9H2,1-5H3,(H,16,18). The third-order valence-corrected chi connectivity index (χ3v) is 3.26. The lowest BCUT2D eigenvalue weighted by molar-refractivity contribution is 0.0915. The summed E-state index contributed by atoms with van der Waals surface area (Å²) in [4.78, 5) is 13.9. The lowest BCUT2D eigenvalue weighted by atomic mass is 10.0. The summed E-state index contributed by atoms with van der Waals surface area (Å²) in [6, 6.07) is 4.53. The van der Waals surface area contributed by atoms with E-state index >= 15 is 0 Å². The monoisotopic (exact) mass is 252 g/mol. The highest BCUT2D eigenvalue weighted by molar-refractivity contribution is 5.94. The van der Waals surface area contributed by atoms with Gasteiger partial charge in [-0.05, 0) is 47.0 Å². The highest BCUT2D eigenvalue weighted by Gasteiger charge is 2.22. The molecule has 1 rings (SSSR count). The molecule has 0 fully saturated rings. The van der Waals surface area contributed by atoms with Crippen molar-refractivity contribution in [2.75, 3.05) is 20.6 Å². The normalized spacial score (nSPS) is 11.7. The minimum atomic E-state index is -0.485. The number of benzene rings is 1. The Bertz CT molecular complexity index is 441. The van der Waals surface area contributed by atoms with Gasteiger partial charge in [-0.2, -0.15) is 0 Å². The second-order valence-corrected chi connectivity index (χ2v) is 5.37. The Hall–Kier alpha value is -1.42. The number of carbonyl (C=O) groups is 1. The zero-order chi connectivity index (χ0) is 13.9. The summed E-state index contributed by atoms with van der Waals surface area (Å²) < 4.78 is 13.5. The molecule has 3 nitrogen and oxygen atoms in total. The number of amides is 1. The fourth-order valence-corrected chi connectivity index (χ4v) is 1.36. The summed E-state index contributed by atoms with van der Waals surface area (Å²) in [7, 11) is 3.89. The number of likely N-dealkylation sites (N-methyl/N-ethyl adjacent to an activating group) is 1. The number of hydrogen-bond donors (Lipinski definition) is 1. The van der Waals surface area contributed by atoms with Gasteiger partial charge in [-0.25, -0.2) is 4.39 Å². The van der Waals surface area contributed by atoms with Gasteiger partial charge in [-0.1, -0.05) is 11.6 Å². The van der Waals surface area contributed by atoms with Gasteiger partial charge in [-0.15, -0.1) is 0 Å². The Balaban J connectivity index is 2.75. The molecule has 4 heteroatoms. The molecule has 100 valence electrons. The van der Waals surface area contributed by atoms with E-state index in [0.29, 0.717) is 6.54 Å². The number of carbonyl (C=O) groups excluding carboxylic acids is 1. The maximum Gasteiger partial charge on any atom is 0.254 e. The molecule has 0 spiro atoms. The first-order chi connectivity index (χ1) is 8.24. The van der Waals surface area contributed by atoms with Gasteiger partial charge in [0.05, 0.1) is 5.56 Å². The van der Waals surface area contributed by atoms with Gasteiger partial charge in [0, 0.05) is 12.1 Å². The number of halogens is 1. The molecule has 0 saturated carbocycles. The molecule has 0 aliphatic carbocycles. The average molecular weight is 252 g/mol. The molecule has 0 heterocycles. The fourth-order valence-electron chi connectivity index (χ4n) is 1.36. The van der Waals surface area contributed by atoms with Gasteiger partial charge in [0.2, 0.25) is 0 Å². The number of aryl methyl sites for hydroxylation is 1. The van der Waals surface area contributed by atoms with Gasteiger partial charge in [0.1, 0.15) is 5.82 Å². The largest absolute Gasteiger partial charge is 0.350 e. The Morgan fingerprint density at radius 3 is 2.56 bits per heavy atom. The highest BCUT2D eigenvalue weighted by atomic mass is 19.1. The van der Waals surface area contributed by atoms with Gasteiger partial charge in [0.15, 0.2) is 0 Å². The Morgan fingerprint density at radius 2 is 2.00 bits per heavy atom. The van der Waals surface area contributed by atoms with E-state index < -0.39 is 5.82 Å². The summed E-state index contributed by atoms with van der Waals surface area (Å²) in [6.45, 7) is 6.33. The lowest BCUT2D eigenvalue weighted by Gasteiger charge is -2.32. The van der Waals surface area contributed by atoms with Crippen LogP contribution in [-0.4, -0.2) is 37.0 Å². The van der Waals surface area contributed by atoms with E-state index in [1.165, 1.54) is 6.07 Å². The third-order valence-electron chi connectivity index (χ3n) is 3.26. The predicted molar refractivity (Wildman–Crippen MR) is 71.2 cm³/mol. The van der Waals surface area contributed by atoms with Crippen LogP contribution in [0.2, 0.25) is 0 Å². The van der Waals surface area contributed by atoms with Crippen LogP contribution in [0, 0.1) is 12.7 Å². The summed E-state index contributed by atoms with van der Waals surface area (Å²) in [5, 5.41) is 2.77. The van der Waals surface area contributed by atoms with Gasteiger partial charge in [0.25, 0.3) is 5.91 Å². The first-order valence-electron chi connectivity index (χ1n) is 5.96. The van der Waals surface area contributed by atoms with Gasteiger partial charge < -0.3 is 10.2 Å². The molecule has 0 bridgehead atoms. The molecule has 1 aromatic rings. The molecule has 0 unspecified atom stereocenters. The zero-order valence-corrected chi connectivity index (χ0v) is 11.7. The summed E-state index contributed by atoms with van der Waals surface area (Å²) >= 11 is 0. The van der Waals surface area contributed by atoms with Crippen molar-refractivity contribution in [1.29, 1.82) is 0 Å². The summed E-state index contributed by atoms with van der Waals surface area (Å²) in [6.07, 6.45) is 0. The maximum absolute atomic E-state index is 13.5. The van der Waals surface area contributed by atoms with Crippen LogP contribution in [0.25, 0.3) is 0 Å². The summed E-state index contributed by atoms with van der Waals surface area (Å²) in [5.41, 5.74) is 0.800. The van der Waals surface area contributed by atoms with Crippen LogP contribution in [0.5, 0.6) is 0 Å². The molecular formula is C14H21FN2O. The molecule has 0 aromatic heterocycles. The molecule has 1 amide bonds. The van der Waals surface area contributed by atoms with Crippen LogP contribution in [0.3, 0.4) is 0 Å². The van der Waals surface area contributed by atoms with E-state index in [1.54, 1.807) is 12.1 Å². The number of nitrogens with zero attached hydrogens (tertiary/aromatic N) is 1. The van der Waals surface area contributed by atoms with Crippen LogP contribution < -0.4 is 5.32 Å². The minimum absolute atomic E-state index is 0.101. The fraction of sp³-hybridized carbons (Fsp3) is 0.500. The molecule has 0 saturated heterocycles. The van der Waals surface area contributed by atoms with Crippen LogP contribution >= 0.6 is 0 Å². The van der Waals surface area contributed by atoms with Crippen molar-refractivity contribution in [3.05, 3.63) is 35.1 Å². The molecule has 0 aliphatic heterocycles. The van der Waals surface area contributed by atoms with E-state index in [2.05, 4.69) is 5.32 Å². The zero-order valence-electron chi connectivity index (χ0n) is 11.7. The van der Waals surface area contributed by atoms with Crippen LogP contribution in [0.15, 0.2) is 18.2 Å². The molecule has 1 aromatic carbocycles. The molecule has 0 aliphatic rings. The van der Waals surface area contributed by atoms with Crippen LogP contribution in [0.1, 0.15) is 29.8 Å². The van der Waals surface area contributed by atoms with Gasteiger partial charge in [-0.3, -0.25) is 4.79 Å². The van der Waals surface area contributed by atoms with Crippen LogP contribution in [0.4, 0.5) is 4.39 Å². The maximum atomic E-state index is 13.5. The van der Waals surface area contributed by atoms with E-state index in [-0.39, 0.29) is 17.0 Å². The summed E-state index contributed by atoms with van der Waals surface area (Å²) in [5.74, 6) is -0.855. The molecule has 0 radical (unpaired) electrons. The Morgan fingerprint density at radius 1 is 1.39 bits per heavy atom. The Labute approximate surface area is 108 Å². The number of nitrogens with one attached hydrogen (secondary N) is 1. The Kier molecular flexibility index (Phi) is 4.46. The van der Waals surface area contributed by atoms with Crippen molar-refractivity contribution in [1.82, 2.24) is 10.2 Å². The van der Waals surface area contributed by atoms with Gasteiger partial charge >= 0.3 is 0 Å². The van der Waals surface area contributed by atoms with E-state index in [1.807, 2.05) is 39.8 Å². The first kappa shape index (κ1) is 14.6. The van der Waals surface area contributed by atoms with Crippen molar-refractivity contribution < 1.29 is 9.18 Å². The molecule has 18 heavy (non-hydrogen) atoms. The average Bonchev–Trinajstić information content (AvgIpc) is 2.29. The molecule has 1 N–H and O–H groups in total. The van der Waals surface area contributed by atoms with Crippen LogP contribution in [-0.2, 0) is 0 Å². The SMILES string of the molecule is Cc1ccc(F)c(C(=O)NCC(C)(C)N(C)C)c1.